The summed E-state index contributed by atoms with van der Waals surface area (Å²) in [4.78, 5) is 0. The van der Waals surface area contributed by atoms with Gasteiger partial charge in [0.2, 0.25) is 0 Å². The molecule has 5 nitrogen and oxygen atoms in total. The summed E-state index contributed by atoms with van der Waals surface area (Å²) >= 11 is 0. The molecular weight excluding hydrogens is 284 g/mol. The highest BCUT2D eigenvalue weighted by Gasteiger charge is 2.52. The molecule has 5 heteroatoms. The fourth-order valence-corrected chi connectivity index (χ4v) is 2.78. The van der Waals surface area contributed by atoms with Gasteiger partial charge in [-0.3, -0.25) is 0 Å². The first-order chi connectivity index (χ1) is 10.5. The Bertz CT molecular complexity index is 473. The van der Waals surface area contributed by atoms with Gasteiger partial charge in [-0.1, -0.05) is 36.4 Å². The van der Waals surface area contributed by atoms with Crippen molar-refractivity contribution in [3.05, 3.63) is 48.6 Å². The lowest BCUT2D eigenvalue weighted by Gasteiger charge is -2.48. The minimum atomic E-state index is -1.38. The average Bonchev–Trinajstić information content (AvgIpc) is 2.51. The molecule has 2 rings (SSSR count). The van der Waals surface area contributed by atoms with Gasteiger partial charge in [-0.2, -0.15) is 0 Å². The van der Waals surface area contributed by atoms with E-state index in [1.165, 1.54) is 0 Å². The molecule has 0 amide bonds. The Morgan fingerprint density at radius 1 is 1.36 bits per heavy atom. The zero-order valence-corrected chi connectivity index (χ0v) is 12.8. The van der Waals surface area contributed by atoms with E-state index in [2.05, 4.69) is 6.58 Å². The normalized spacial score (nSPS) is 35.3. The first-order valence-corrected chi connectivity index (χ1v) is 7.44. The number of ether oxygens (including phenoxy) is 2. The van der Waals surface area contributed by atoms with Crippen molar-refractivity contribution in [3.63, 3.8) is 0 Å². The molecule has 5 atom stereocenters. The van der Waals surface area contributed by atoms with E-state index in [-0.39, 0.29) is 13.2 Å². The summed E-state index contributed by atoms with van der Waals surface area (Å²) in [5, 5.41) is 30.5. The van der Waals surface area contributed by atoms with Crippen LogP contribution in [0.25, 0.3) is 0 Å². The molecule has 0 aromatic heterocycles. The van der Waals surface area contributed by atoms with Crippen LogP contribution < -0.4 is 0 Å². The standard InChI is InChI=1S/C17H24O5/c1-3-7-14-17(2,20)16(15(19)13(10-18)22-14)21-11-12-8-5-4-6-9-12/h3-6,8-9,13-16,18-20H,1,7,10-11H2,2H3/t13-,14+,15-,16+,17+/m1/s1. The van der Waals surface area contributed by atoms with E-state index in [1.54, 1.807) is 13.0 Å². The van der Waals surface area contributed by atoms with E-state index in [4.69, 9.17) is 9.47 Å². The van der Waals surface area contributed by atoms with Gasteiger partial charge in [-0.25, -0.2) is 0 Å². The zero-order valence-electron chi connectivity index (χ0n) is 12.8. The molecule has 0 spiro atoms. The van der Waals surface area contributed by atoms with Gasteiger partial charge in [0.1, 0.15) is 23.9 Å². The Labute approximate surface area is 130 Å². The van der Waals surface area contributed by atoms with Crippen LogP contribution >= 0.6 is 0 Å². The third-order valence-electron chi connectivity index (χ3n) is 4.09. The van der Waals surface area contributed by atoms with Crippen molar-refractivity contribution in [2.75, 3.05) is 6.61 Å². The molecule has 0 unspecified atom stereocenters. The van der Waals surface area contributed by atoms with Crippen molar-refractivity contribution in [1.82, 2.24) is 0 Å². The molecule has 0 saturated carbocycles. The molecule has 1 fully saturated rings. The lowest BCUT2D eigenvalue weighted by molar-refractivity contribution is -0.280. The van der Waals surface area contributed by atoms with Crippen LogP contribution in [0.2, 0.25) is 0 Å². The van der Waals surface area contributed by atoms with E-state index in [0.29, 0.717) is 6.42 Å². The van der Waals surface area contributed by atoms with Gasteiger partial charge in [0.25, 0.3) is 0 Å². The molecular formula is C17H24O5. The van der Waals surface area contributed by atoms with Gasteiger partial charge in [0, 0.05) is 0 Å². The number of hydrogen-bond donors (Lipinski definition) is 3. The van der Waals surface area contributed by atoms with Crippen LogP contribution in [0.3, 0.4) is 0 Å². The third kappa shape index (κ3) is 3.56. The second-order valence-corrected chi connectivity index (χ2v) is 5.80. The summed E-state index contributed by atoms with van der Waals surface area (Å²) in [7, 11) is 0. The van der Waals surface area contributed by atoms with Gasteiger partial charge in [0.15, 0.2) is 0 Å². The van der Waals surface area contributed by atoms with Gasteiger partial charge >= 0.3 is 0 Å². The summed E-state index contributed by atoms with van der Waals surface area (Å²) in [6, 6.07) is 9.52. The fourth-order valence-electron chi connectivity index (χ4n) is 2.78. The minimum absolute atomic E-state index is 0.262. The van der Waals surface area contributed by atoms with E-state index in [0.717, 1.165) is 5.56 Å². The first-order valence-electron chi connectivity index (χ1n) is 7.44. The number of aliphatic hydroxyl groups is 3. The summed E-state index contributed by atoms with van der Waals surface area (Å²) in [5.74, 6) is 0. The molecule has 0 bridgehead atoms. The van der Waals surface area contributed by atoms with Crippen molar-refractivity contribution < 1.29 is 24.8 Å². The molecule has 1 aliphatic rings. The second-order valence-electron chi connectivity index (χ2n) is 5.80. The maximum Gasteiger partial charge on any atom is 0.117 e. The van der Waals surface area contributed by atoms with Crippen LogP contribution in [0, 0.1) is 0 Å². The second kappa shape index (κ2) is 7.35. The van der Waals surface area contributed by atoms with Crippen LogP contribution in [0.4, 0.5) is 0 Å². The monoisotopic (exact) mass is 308 g/mol. The van der Waals surface area contributed by atoms with Crippen LogP contribution in [-0.4, -0.2) is 51.9 Å². The molecule has 1 heterocycles. The SMILES string of the molecule is C=CC[C@@H]1O[C@H](CO)[C@@H](O)[C@H](OCc2ccccc2)[C@@]1(C)O. The van der Waals surface area contributed by atoms with Crippen LogP contribution in [0.5, 0.6) is 0 Å². The maximum atomic E-state index is 10.7. The zero-order chi connectivity index (χ0) is 16.2. The molecule has 1 saturated heterocycles. The lowest BCUT2D eigenvalue weighted by Crippen LogP contribution is -2.65. The number of benzene rings is 1. The van der Waals surface area contributed by atoms with Gasteiger partial charge in [-0.05, 0) is 18.9 Å². The molecule has 0 aliphatic carbocycles. The Morgan fingerprint density at radius 2 is 2.05 bits per heavy atom. The van der Waals surface area contributed by atoms with Gasteiger partial charge < -0.3 is 24.8 Å². The Hall–Kier alpha value is -1.24. The van der Waals surface area contributed by atoms with Crippen LogP contribution in [0.15, 0.2) is 43.0 Å². The molecule has 122 valence electrons. The van der Waals surface area contributed by atoms with Gasteiger partial charge in [-0.15, -0.1) is 6.58 Å². The maximum absolute atomic E-state index is 10.7. The first kappa shape index (κ1) is 17.1. The summed E-state index contributed by atoms with van der Waals surface area (Å²) in [6.07, 6.45) is -1.30. The quantitative estimate of drug-likeness (QED) is 0.684. The van der Waals surface area contributed by atoms with E-state index >= 15 is 0 Å². The smallest absolute Gasteiger partial charge is 0.117 e. The summed E-state index contributed by atoms with van der Waals surface area (Å²) in [6.45, 7) is 5.15. The van der Waals surface area contributed by atoms with E-state index < -0.39 is 30.0 Å². The predicted molar refractivity (Wildman–Crippen MR) is 82.2 cm³/mol. The van der Waals surface area contributed by atoms with Crippen molar-refractivity contribution in [2.45, 2.75) is 50.0 Å². The molecule has 1 aromatic rings. The van der Waals surface area contributed by atoms with Crippen LogP contribution in [-0.2, 0) is 16.1 Å². The molecule has 1 aromatic carbocycles. The molecule has 22 heavy (non-hydrogen) atoms. The summed E-state index contributed by atoms with van der Waals surface area (Å²) in [5.41, 5.74) is -0.438. The van der Waals surface area contributed by atoms with Crippen molar-refractivity contribution >= 4 is 0 Å². The largest absolute Gasteiger partial charge is 0.394 e. The highest BCUT2D eigenvalue weighted by molar-refractivity contribution is 5.14. The van der Waals surface area contributed by atoms with Gasteiger partial charge in [0.05, 0.1) is 19.3 Å². The Balaban J connectivity index is 2.14. The van der Waals surface area contributed by atoms with E-state index in [9.17, 15) is 15.3 Å². The topological polar surface area (TPSA) is 79.2 Å². The highest BCUT2D eigenvalue weighted by Crippen LogP contribution is 2.34. The number of aliphatic hydroxyl groups excluding tert-OH is 2. The average molecular weight is 308 g/mol. The van der Waals surface area contributed by atoms with E-state index in [1.807, 2.05) is 30.3 Å². The third-order valence-corrected chi connectivity index (χ3v) is 4.09. The molecule has 0 radical (unpaired) electrons. The number of rotatable bonds is 6. The Kier molecular flexibility index (Phi) is 5.72. The lowest BCUT2D eigenvalue weighted by atomic mass is 9.82. The molecule has 1 aliphatic heterocycles. The van der Waals surface area contributed by atoms with Crippen molar-refractivity contribution in [2.24, 2.45) is 0 Å². The van der Waals surface area contributed by atoms with Crippen molar-refractivity contribution in [1.29, 1.82) is 0 Å². The van der Waals surface area contributed by atoms with Crippen molar-refractivity contribution in [3.8, 4) is 0 Å². The van der Waals surface area contributed by atoms with Crippen LogP contribution in [0.1, 0.15) is 18.9 Å². The number of hydrogen-bond acceptors (Lipinski definition) is 5. The Morgan fingerprint density at radius 3 is 2.64 bits per heavy atom. The molecule has 3 N–H and O–H groups in total. The fraction of sp³-hybridized carbons (Fsp3) is 0.529. The summed E-state index contributed by atoms with van der Waals surface area (Å²) < 4.78 is 11.4. The predicted octanol–water partition coefficient (Wildman–Crippen LogP) is 1.02. The highest BCUT2D eigenvalue weighted by atomic mass is 16.6. The minimum Gasteiger partial charge on any atom is -0.394 e.